The van der Waals surface area contributed by atoms with Gasteiger partial charge in [0.1, 0.15) is 12.0 Å². The van der Waals surface area contributed by atoms with Crippen LogP contribution >= 0.6 is 11.6 Å². The van der Waals surface area contributed by atoms with Crippen molar-refractivity contribution in [1.82, 2.24) is 29.5 Å². The average Bonchev–Trinajstić information content (AvgIpc) is 3.32. The van der Waals surface area contributed by atoms with E-state index in [-0.39, 0.29) is 5.91 Å². The van der Waals surface area contributed by atoms with Crippen molar-refractivity contribution in [1.29, 1.82) is 0 Å². The SMILES string of the molecule is C=CCN(CC=C)Cc1nc(-c2ncn3c2CN(C)C(=O)c2c(Cl)cccc2-3)no1. The molecule has 1 amide bonds. The summed E-state index contributed by atoms with van der Waals surface area (Å²) in [6.45, 7) is 9.69. The minimum atomic E-state index is -0.149. The maximum Gasteiger partial charge on any atom is 0.257 e. The van der Waals surface area contributed by atoms with Gasteiger partial charge in [0.05, 0.1) is 35.1 Å². The molecule has 0 saturated heterocycles. The second-order valence-corrected chi connectivity index (χ2v) is 7.40. The van der Waals surface area contributed by atoms with Crippen molar-refractivity contribution >= 4 is 17.5 Å². The van der Waals surface area contributed by atoms with Crippen molar-refractivity contribution in [2.45, 2.75) is 13.1 Å². The Morgan fingerprint density at radius 3 is 2.80 bits per heavy atom. The average molecular weight is 425 g/mol. The number of hydrogen-bond acceptors (Lipinski definition) is 6. The van der Waals surface area contributed by atoms with Gasteiger partial charge in [-0.05, 0) is 12.1 Å². The Balaban J connectivity index is 1.71. The summed E-state index contributed by atoms with van der Waals surface area (Å²) in [7, 11) is 1.73. The van der Waals surface area contributed by atoms with Crippen molar-refractivity contribution in [2.75, 3.05) is 20.1 Å². The van der Waals surface area contributed by atoms with Gasteiger partial charge in [0.15, 0.2) is 0 Å². The Morgan fingerprint density at radius 1 is 1.30 bits per heavy atom. The zero-order valence-corrected chi connectivity index (χ0v) is 17.3. The van der Waals surface area contributed by atoms with Crippen molar-refractivity contribution in [2.24, 2.45) is 0 Å². The Hall–Kier alpha value is -3.23. The molecule has 4 rings (SSSR count). The van der Waals surface area contributed by atoms with Crippen LogP contribution in [0.1, 0.15) is 21.9 Å². The lowest BCUT2D eigenvalue weighted by molar-refractivity contribution is 0.0788. The van der Waals surface area contributed by atoms with Crippen molar-refractivity contribution in [3.63, 3.8) is 0 Å². The summed E-state index contributed by atoms with van der Waals surface area (Å²) in [5.74, 6) is 0.697. The minimum Gasteiger partial charge on any atom is -0.337 e. The lowest BCUT2D eigenvalue weighted by Crippen LogP contribution is -2.25. The van der Waals surface area contributed by atoms with Gasteiger partial charge in [0.25, 0.3) is 5.91 Å². The zero-order chi connectivity index (χ0) is 21.3. The van der Waals surface area contributed by atoms with E-state index in [0.717, 1.165) is 5.69 Å². The normalized spacial score (nSPS) is 13.2. The molecule has 0 atom stereocenters. The first kappa shape index (κ1) is 20.1. The number of hydrogen-bond donors (Lipinski definition) is 0. The van der Waals surface area contributed by atoms with Gasteiger partial charge in [0, 0.05) is 20.1 Å². The molecule has 1 aliphatic rings. The molecule has 0 unspecified atom stereocenters. The first-order chi connectivity index (χ1) is 14.5. The van der Waals surface area contributed by atoms with Crippen LogP contribution in [-0.4, -0.2) is 55.5 Å². The standard InChI is InChI=1S/C21H21ClN6O2/c1-4-9-27(10-5-2)12-17-24-20(25-30-17)19-16-11-26(3)21(29)18-14(22)7-6-8-15(18)28(16)13-23-19/h4-8,13H,1-2,9-12H2,3H3. The van der Waals surface area contributed by atoms with Crippen LogP contribution in [0.25, 0.3) is 17.2 Å². The van der Waals surface area contributed by atoms with Gasteiger partial charge in [-0.25, -0.2) is 4.98 Å². The molecule has 0 radical (unpaired) electrons. The summed E-state index contributed by atoms with van der Waals surface area (Å²) in [4.78, 5) is 25.6. The number of carbonyl (C=O) groups excluding carboxylic acids is 1. The highest BCUT2D eigenvalue weighted by molar-refractivity contribution is 6.34. The Kier molecular flexibility index (Phi) is 5.52. The van der Waals surface area contributed by atoms with Crippen LogP contribution in [0.3, 0.4) is 0 Å². The van der Waals surface area contributed by atoms with Gasteiger partial charge in [-0.3, -0.25) is 14.3 Å². The molecule has 2 aromatic heterocycles. The van der Waals surface area contributed by atoms with E-state index in [1.54, 1.807) is 24.3 Å². The predicted octanol–water partition coefficient (Wildman–Crippen LogP) is 3.34. The van der Waals surface area contributed by atoms with Crippen LogP contribution in [-0.2, 0) is 13.1 Å². The Labute approximate surface area is 179 Å². The molecule has 0 bridgehead atoms. The highest BCUT2D eigenvalue weighted by atomic mass is 35.5. The Morgan fingerprint density at radius 2 is 2.07 bits per heavy atom. The van der Waals surface area contributed by atoms with E-state index in [9.17, 15) is 4.79 Å². The highest BCUT2D eigenvalue weighted by Crippen LogP contribution is 2.32. The summed E-state index contributed by atoms with van der Waals surface area (Å²) >= 11 is 6.33. The third-order valence-electron chi connectivity index (χ3n) is 4.88. The largest absolute Gasteiger partial charge is 0.337 e. The summed E-state index contributed by atoms with van der Waals surface area (Å²) in [5, 5.41) is 4.52. The van der Waals surface area contributed by atoms with Gasteiger partial charge in [-0.15, -0.1) is 13.2 Å². The monoisotopic (exact) mass is 424 g/mol. The smallest absolute Gasteiger partial charge is 0.257 e. The number of amides is 1. The number of fused-ring (bicyclic) bond motifs is 3. The molecular formula is C21H21ClN6O2. The molecule has 3 aromatic rings. The fourth-order valence-corrected chi connectivity index (χ4v) is 3.76. The molecule has 0 N–H and O–H groups in total. The van der Waals surface area contributed by atoms with E-state index >= 15 is 0 Å². The molecule has 0 aliphatic carbocycles. The first-order valence-electron chi connectivity index (χ1n) is 9.41. The molecule has 0 fully saturated rings. The number of aromatic nitrogens is 4. The topological polar surface area (TPSA) is 80.3 Å². The third kappa shape index (κ3) is 3.55. The van der Waals surface area contributed by atoms with Crippen molar-refractivity contribution in [3.8, 4) is 17.2 Å². The van der Waals surface area contributed by atoms with Crippen LogP contribution in [0.5, 0.6) is 0 Å². The molecule has 1 aliphatic heterocycles. The molecule has 30 heavy (non-hydrogen) atoms. The number of benzene rings is 1. The Bertz CT molecular complexity index is 1110. The lowest BCUT2D eigenvalue weighted by atomic mass is 10.1. The molecule has 8 nitrogen and oxygen atoms in total. The van der Waals surface area contributed by atoms with E-state index in [0.29, 0.717) is 59.9 Å². The van der Waals surface area contributed by atoms with Crippen molar-refractivity contribution < 1.29 is 9.32 Å². The summed E-state index contributed by atoms with van der Waals surface area (Å²) < 4.78 is 7.30. The molecule has 0 spiro atoms. The van der Waals surface area contributed by atoms with E-state index < -0.39 is 0 Å². The number of nitrogens with zero attached hydrogens (tertiary/aromatic N) is 6. The lowest BCUT2D eigenvalue weighted by Gasteiger charge is -2.15. The summed E-state index contributed by atoms with van der Waals surface area (Å²) in [6.07, 6.45) is 5.28. The van der Waals surface area contributed by atoms with Crippen LogP contribution in [0.2, 0.25) is 5.02 Å². The van der Waals surface area contributed by atoms with Crippen LogP contribution in [0.15, 0.2) is 54.4 Å². The van der Waals surface area contributed by atoms with Gasteiger partial charge >= 0.3 is 0 Å². The molecule has 3 heterocycles. The van der Waals surface area contributed by atoms with Crippen molar-refractivity contribution in [3.05, 3.63) is 72.0 Å². The highest BCUT2D eigenvalue weighted by Gasteiger charge is 2.29. The maximum absolute atomic E-state index is 12.9. The number of rotatable bonds is 7. The van der Waals surface area contributed by atoms with Gasteiger partial charge in [-0.1, -0.05) is 35.0 Å². The second-order valence-electron chi connectivity index (χ2n) is 6.99. The van der Waals surface area contributed by atoms with Gasteiger partial charge < -0.3 is 9.42 Å². The van der Waals surface area contributed by atoms with Gasteiger partial charge in [-0.2, -0.15) is 4.98 Å². The minimum absolute atomic E-state index is 0.149. The molecule has 0 saturated carbocycles. The predicted molar refractivity (Wildman–Crippen MR) is 113 cm³/mol. The van der Waals surface area contributed by atoms with E-state index in [4.69, 9.17) is 16.1 Å². The molecule has 9 heteroatoms. The quantitative estimate of drug-likeness (QED) is 0.541. The number of carbonyl (C=O) groups is 1. The molecule has 154 valence electrons. The first-order valence-corrected chi connectivity index (χ1v) is 9.79. The molecule has 1 aromatic carbocycles. The maximum atomic E-state index is 12.9. The summed E-state index contributed by atoms with van der Waals surface area (Å²) in [6, 6.07) is 5.36. The van der Waals surface area contributed by atoms with Crippen LogP contribution in [0, 0.1) is 0 Å². The third-order valence-corrected chi connectivity index (χ3v) is 5.19. The van der Waals surface area contributed by atoms with E-state index in [2.05, 4.69) is 33.2 Å². The second kappa shape index (κ2) is 8.25. The molecular weight excluding hydrogens is 404 g/mol. The summed E-state index contributed by atoms with van der Waals surface area (Å²) in [5.41, 5.74) is 2.48. The number of imidazole rings is 1. The number of halogens is 1. The van der Waals surface area contributed by atoms with E-state index in [1.165, 1.54) is 0 Å². The van der Waals surface area contributed by atoms with E-state index in [1.807, 2.05) is 28.9 Å². The van der Waals surface area contributed by atoms with Gasteiger partial charge in [0.2, 0.25) is 11.7 Å². The fourth-order valence-electron chi connectivity index (χ4n) is 3.51. The van der Waals surface area contributed by atoms with Crippen LogP contribution < -0.4 is 0 Å². The van der Waals surface area contributed by atoms with Crippen LogP contribution in [0.4, 0.5) is 0 Å². The zero-order valence-electron chi connectivity index (χ0n) is 16.6. The fraction of sp³-hybridized carbons (Fsp3) is 0.238.